The zero-order valence-corrected chi connectivity index (χ0v) is 9.87. The number of hydrogen-bond acceptors (Lipinski definition) is 3. The Balaban J connectivity index is 2.87. The van der Waals surface area contributed by atoms with Crippen molar-refractivity contribution in [1.82, 2.24) is 0 Å². The fraction of sp³-hybridized carbons (Fsp3) is 0.500. The largest absolute Gasteiger partial charge is 0.488 e. The third-order valence-corrected chi connectivity index (χ3v) is 2.20. The highest BCUT2D eigenvalue weighted by Gasteiger charge is 2.12. The Labute approximate surface area is 95.4 Å². The van der Waals surface area contributed by atoms with E-state index in [0.29, 0.717) is 12.4 Å². The maximum absolute atomic E-state index is 13.1. The molecular formula is C12H18FNO2. The average molecular weight is 227 g/mol. The van der Waals surface area contributed by atoms with Crippen LogP contribution in [-0.2, 0) is 4.74 Å². The van der Waals surface area contributed by atoms with Gasteiger partial charge in [-0.15, -0.1) is 0 Å². The minimum Gasteiger partial charge on any atom is -0.488 e. The Hall–Kier alpha value is -1.13. The normalized spacial score (nSPS) is 14.6. The summed E-state index contributed by atoms with van der Waals surface area (Å²) >= 11 is 0. The van der Waals surface area contributed by atoms with E-state index in [1.807, 2.05) is 13.8 Å². The molecule has 0 aliphatic carbocycles. The molecule has 1 aromatic carbocycles. The lowest BCUT2D eigenvalue weighted by Gasteiger charge is -2.18. The van der Waals surface area contributed by atoms with Gasteiger partial charge in [-0.3, -0.25) is 0 Å². The van der Waals surface area contributed by atoms with E-state index in [4.69, 9.17) is 15.2 Å². The molecule has 0 saturated heterocycles. The van der Waals surface area contributed by atoms with Gasteiger partial charge in [0.2, 0.25) is 0 Å². The summed E-state index contributed by atoms with van der Waals surface area (Å²) in [4.78, 5) is 0. The first-order valence-corrected chi connectivity index (χ1v) is 5.25. The van der Waals surface area contributed by atoms with Crippen molar-refractivity contribution in [3.63, 3.8) is 0 Å². The molecule has 0 bridgehead atoms. The fourth-order valence-corrected chi connectivity index (χ4v) is 1.47. The summed E-state index contributed by atoms with van der Waals surface area (Å²) in [5.74, 6) is 0.156. The molecule has 2 atom stereocenters. The fourth-order valence-electron chi connectivity index (χ4n) is 1.47. The lowest BCUT2D eigenvalue weighted by atomic mass is 10.1. The number of halogens is 1. The van der Waals surface area contributed by atoms with Crippen LogP contribution in [-0.4, -0.2) is 19.8 Å². The minimum atomic E-state index is -0.330. The maximum Gasteiger partial charge on any atom is 0.127 e. The van der Waals surface area contributed by atoms with E-state index in [2.05, 4.69) is 0 Å². The lowest BCUT2D eigenvalue weighted by Crippen LogP contribution is -2.20. The molecule has 90 valence electrons. The molecule has 2 unspecified atom stereocenters. The highest BCUT2D eigenvalue weighted by atomic mass is 19.1. The van der Waals surface area contributed by atoms with Crippen LogP contribution in [0.25, 0.3) is 0 Å². The van der Waals surface area contributed by atoms with E-state index in [9.17, 15) is 4.39 Å². The quantitative estimate of drug-likeness (QED) is 0.839. The van der Waals surface area contributed by atoms with Gasteiger partial charge in [-0.2, -0.15) is 0 Å². The summed E-state index contributed by atoms with van der Waals surface area (Å²) in [6.07, 6.45) is -0.135. The molecule has 16 heavy (non-hydrogen) atoms. The Morgan fingerprint density at radius 3 is 2.62 bits per heavy atom. The summed E-state index contributed by atoms with van der Waals surface area (Å²) in [7, 11) is 1.60. The molecule has 1 rings (SSSR count). The molecular weight excluding hydrogens is 209 g/mol. The first kappa shape index (κ1) is 12.9. The SMILES string of the molecule is COCC(C)Oc1cc(F)ccc1C(C)N. The van der Waals surface area contributed by atoms with Gasteiger partial charge in [0.05, 0.1) is 6.61 Å². The zero-order valence-electron chi connectivity index (χ0n) is 9.87. The molecule has 0 saturated carbocycles. The van der Waals surface area contributed by atoms with Crippen LogP contribution >= 0.6 is 0 Å². The van der Waals surface area contributed by atoms with Crippen molar-refractivity contribution < 1.29 is 13.9 Å². The van der Waals surface area contributed by atoms with Crippen LogP contribution < -0.4 is 10.5 Å². The summed E-state index contributed by atoms with van der Waals surface area (Å²) in [5.41, 5.74) is 6.58. The van der Waals surface area contributed by atoms with Crippen LogP contribution in [0.1, 0.15) is 25.5 Å². The topological polar surface area (TPSA) is 44.5 Å². The van der Waals surface area contributed by atoms with E-state index in [1.165, 1.54) is 12.1 Å². The molecule has 3 nitrogen and oxygen atoms in total. The summed E-state index contributed by atoms with van der Waals surface area (Å²) in [5, 5.41) is 0. The maximum atomic E-state index is 13.1. The van der Waals surface area contributed by atoms with Crippen molar-refractivity contribution in [2.75, 3.05) is 13.7 Å². The van der Waals surface area contributed by atoms with E-state index in [-0.39, 0.29) is 18.0 Å². The Kier molecular flexibility index (Phi) is 4.71. The van der Waals surface area contributed by atoms with Crippen molar-refractivity contribution in [1.29, 1.82) is 0 Å². The van der Waals surface area contributed by atoms with Crippen LogP contribution in [0.4, 0.5) is 4.39 Å². The number of benzene rings is 1. The first-order valence-electron chi connectivity index (χ1n) is 5.25. The Bertz CT molecular complexity index is 342. The second kappa shape index (κ2) is 5.82. The number of methoxy groups -OCH3 is 1. The molecule has 0 fully saturated rings. The monoisotopic (exact) mass is 227 g/mol. The molecule has 0 amide bonds. The van der Waals surface area contributed by atoms with Gasteiger partial charge in [0.1, 0.15) is 17.7 Å². The third kappa shape index (κ3) is 3.47. The molecule has 0 aliphatic heterocycles. The lowest BCUT2D eigenvalue weighted by molar-refractivity contribution is 0.0910. The number of rotatable bonds is 5. The van der Waals surface area contributed by atoms with Crippen LogP contribution in [0.15, 0.2) is 18.2 Å². The van der Waals surface area contributed by atoms with Crippen molar-refractivity contribution >= 4 is 0 Å². The van der Waals surface area contributed by atoms with Crippen molar-refractivity contribution in [3.05, 3.63) is 29.6 Å². The highest BCUT2D eigenvalue weighted by Crippen LogP contribution is 2.25. The van der Waals surface area contributed by atoms with Gasteiger partial charge < -0.3 is 15.2 Å². The van der Waals surface area contributed by atoms with Gasteiger partial charge in [0.25, 0.3) is 0 Å². The molecule has 0 spiro atoms. The van der Waals surface area contributed by atoms with E-state index in [1.54, 1.807) is 13.2 Å². The van der Waals surface area contributed by atoms with Gasteiger partial charge in [-0.25, -0.2) is 4.39 Å². The second-order valence-corrected chi connectivity index (χ2v) is 3.85. The van der Waals surface area contributed by atoms with Crippen LogP contribution in [0.3, 0.4) is 0 Å². The average Bonchev–Trinajstić information content (AvgIpc) is 2.17. The van der Waals surface area contributed by atoms with Gasteiger partial charge in [-0.1, -0.05) is 6.07 Å². The highest BCUT2D eigenvalue weighted by molar-refractivity contribution is 5.36. The van der Waals surface area contributed by atoms with Gasteiger partial charge >= 0.3 is 0 Å². The molecule has 0 aliphatic rings. The summed E-state index contributed by atoms with van der Waals surface area (Å²) in [6, 6.07) is 4.19. The summed E-state index contributed by atoms with van der Waals surface area (Å²) in [6.45, 7) is 4.15. The van der Waals surface area contributed by atoms with Gasteiger partial charge in [-0.05, 0) is 19.9 Å². The van der Waals surface area contributed by atoms with Crippen LogP contribution in [0.2, 0.25) is 0 Å². The number of hydrogen-bond donors (Lipinski definition) is 1. The third-order valence-electron chi connectivity index (χ3n) is 2.20. The molecule has 0 radical (unpaired) electrons. The second-order valence-electron chi connectivity index (χ2n) is 3.85. The van der Waals surface area contributed by atoms with Crippen LogP contribution in [0.5, 0.6) is 5.75 Å². The first-order chi connectivity index (χ1) is 7.54. The number of ether oxygens (including phenoxy) is 2. The minimum absolute atomic E-state index is 0.135. The van der Waals surface area contributed by atoms with Gasteiger partial charge in [0, 0.05) is 24.8 Å². The standard InChI is InChI=1S/C12H18FNO2/c1-8(7-15-3)16-12-6-10(13)4-5-11(12)9(2)14/h4-6,8-9H,7,14H2,1-3H3. The Morgan fingerprint density at radius 2 is 2.06 bits per heavy atom. The predicted molar refractivity (Wildman–Crippen MR) is 61.0 cm³/mol. The Morgan fingerprint density at radius 1 is 1.38 bits per heavy atom. The number of nitrogens with two attached hydrogens (primary N) is 1. The summed E-state index contributed by atoms with van der Waals surface area (Å²) < 4.78 is 23.6. The van der Waals surface area contributed by atoms with E-state index >= 15 is 0 Å². The van der Waals surface area contributed by atoms with Crippen molar-refractivity contribution in [3.8, 4) is 5.75 Å². The van der Waals surface area contributed by atoms with Crippen molar-refractivity contribution in [2.24, 2.45) is 5.73 Å². The molecule has 0 heterocycles. The predicted octanol–water partition coefficient (Wildman–Crippen LogP) is 2.26. The molecule has 4 heteroatoms. The van der Waals surface area contributed by atoms with Gasteiger partial charge in [0.15, 0.2) is 0 Å². The molecule has 0 aromatic heterocycles. The zero-order chi connectivity index (χ0) is 12.1. The van der Waals surface area contributed by atoms with E-state index < -0.39 is 0 Å². The van der Waals surface area contributed by atoms with Crippen LogP contribution in [0, 0.1) is 5.82 Å². The van der Waals surface area contributed by atoms with Crippen molar-refractivity contribution in [2.45, 2.75) is 26.0 Å². The smallest absolute Gasteiger partial charge is 0.127 e. The van der Waals surface area contributed by atoms with E-state index in [0.717, 1.165) is 5.56 Å². The molecule has 1 aromatic rings. The molecule has 2 N–H and O–H groups in total.